The molecule has 0 aliphatic rings. The van der Waals surface area contributed by atoms with E-state index in [2.05, 4.69) is 10.3 Å². The van der Waals surface area contributed by atoms with Gasteiger partial charge in [0, 0.05) is 10.4 Å². The van der Waals surface area contributed by atoms with Crippen molar-refractivity contribution in [3.8, 4) is 11.1 Å². The van der Waals surface area contributed by atoms with E-state index in [9.17, 15) is 9.59 Å². The zero-order valence-corrected chi connectivity index (χ0v) is 18.7. The molecule has 0 aliphatic carbocycles. The molecule has 0 saturated carbocycles. The van der Waals surface area contributed by atoms with Gasteiger partial charge in [0.25, 0.3) is 5.56 Å². The average molecular weight is 432 g/mol. The molecule has 0 spiro atoms. The van der Waals surface area contributed by atoms with Crippen molar-refractivity contribution in [1.82, 2.24) is 14.9 Å². The van der Waals surface area contributed by atoms with Crippen molar-refractivity contribution in [1.29, 1.82) is 0 Å². The predicted octanol–water partition coefficient (Wildman–Crippen LogP) is 5.01. The van der Waals surface area contributed by atoms with E-state index in [0.717, 1.165) is 28.0 Å². The number of thiophene rings is 1. The van der Waals surface area contributed by atoms with E-state index in [1.54, 1.807) is 0 Å². The van der Waals surface area contributed by atoms with Crippen LogP contribution in [0.2, 0.25) is 0 Å². The van der Waals surface area contributed by atoms with Crippen LogP contribution in [0.3, 0.4) is 0 Å². The number of fused-ring (bicyclic) bond motifs is 1. The van der Waals surface area contributed by atoms with Gasteiger partial charge in [-0.25, -0.2) is 4.98 Å². The smallest absolute Gasteiger partial charge is 0.263 e. The summed E-state index contributed by atoms with van der Waals surface area (Å²) in [4.78, 5) is 32.3. The van der Waals surface area contributed by atoms with Crippen LogP contribution in [-0.2, 0) is 11.3 Å². The van der Waals surface area contributed by atoms with Gasteiger partial charge < -0.3 is 5.32 Å². The summed E-state index contributed by atoms with van der Waals surface area (Å²) in [7, 11) is 0. The van der Waals surface area contributed by atoms with Crippen molar-refractivity contribution < 1.29 is 4.79 Å². The van der Waals surface area contributed by atoms with Crippen LogP contribution in [0.1, 0.15) is 35.4 Å². The van der Waals surface area contributed by atoms with Crippen molar-refractivity contribution in [3.63, 3.8) is 0 Å². The molecule has 31 heavy (non-hydrogen) atoms. The molecule has 4 rings (SSSR count). The predicted molar refractivity (Wildman–Crippen MR) is 126 cm³/mol. The minimum absolute atomic E-state index is 0.0622. The SMILES string of the molecule is CC[C@@H](NC(=O)Cn1cnc2sc(C)c(-c3ccccc3)c2c1=O)c1ccc(C)cc1. The third-order valence-electron chi connectivity index (χ3n) is 5.45. The van der Waals surface area contributed by atoms with Gasteiger partial charge in [-0.3, -0.25) is 14.2 Å². The van der Waals surface area contributed by atoms with Crippen molar-refractivity contribution in [2.45, 2.75) is 39.8 Å². The van der Waals surface area contributed by atoms with Crippen LogP contribution in [0.15, 0.2) is 65.7 Å². The summed E-state index contributed by atoms with van der Waals surface area (Å²) in [5.41, 5.74) is 3.93. The normalized spacial score (nSPS) is 12.1. The fourth-order valence-corrected chi connectivity index (χ4v) is 4.82. The van der Waals surface area contributed by atoms with Gasteiger partial charge in [0.15, 0.2) is 0 Å². The Balaban J connectivity index is 1.63. The maximum absolute atomic E-state index is 13.3. The summed E-state index contributed by atoms with van der Waals surface area (Å²) in [6.45, 7) is 6.01. The highest BCUT2D eigenvalue weighted by molar-refractivity contribution is 7.19. The van der Waals surface area contributed by atoms with Crippen LogP contribution in [0.4, 0.5) is 0 Å². The second-order valence-corrected chi connectivity index (χ2v) is 8.90. The number of aryl methyl sites for hydroxylation is 2. The van der Waals surface area contributed by atoms with E-state index in [-0.39, 0.29) is 24.1 Å². The molecule has 0 unspecified atom stereocenters. The van der Waals surface area contributed by atoms with Gasteiger partial charge in [-0.05, 0) is 31.4 Å². The molecule has 0 bridgehead atoms. The number of nitrogens with one attached hydrogen (secondary N) is 1. The summed E-state index contributed by atoms with van der Waals surface area (Å²) < 4.78 is 1.40. The molecule has 0 saturated heterocycles. The lowest BCUT2D eigenvalue weighted by Gasteiger charge is -2.18. The number of carbonyl (C=O) groups excluding carboxylic acids is 1. The Morgan fingerprint density at radius 3 is 2.48 bits per heavy atom. The third kappa shape index (κ3) is 4.30. The molecule has 1 atom stereocenters. The number of amides is 1. The summed E-state index contributed by atoms with van der Waals surface area (Å²) in [5.74, 6) is -0.205. The Bertz CT molecular complexity index is 1270. The standard InChI is InChI=1S/C25H25N3O2S/c1-4-20(18-12-10-16(2)11-13-18)27-21(29)14-28-15-26-24-23(25(28)30)22(17(3)31-24)19-8-6-5-7-9-19/h5-13,15,20H,4,14H2,1-3H3,(H,27,29)/t20-/m1/s1. The van der Waals surface area contributed by atoms with Crippen LogP contribution >= 0.6 is 11.3 Å². The van der Waals surface area contributed by atoms with E-state index in [0.29, 0.717) is 10.2 Å². The van der Waals surface area contributed by atoms with E-state index < -0.39 is 0 Å². The van der Waals surface area contributed by atoms with Gasteiger partial charge >= 0.3 is 0 Å². The molecule has 5 nitrogen and oxygen atoms in total. The van der Waals surface area contributed by atoms with E-state index in [1.807, 2.05) is 75.4 Å². The van der Waals surface area contributed by atoms with Crippen LogP contribution in [0.25, 0.3) is 21.3 Å². The molecule has 0 fully saturated rings. The molecule has 1 amide bonds. The Morgan fingerprint density at radius 1 is 1.10 bits per heavy atom. The maximum atomic E-state index is 13.3. The van der Waals surface area contributed by atoms with Crippen molar-refractivity contribution in [2.24, 2.45) is 0 Å². The Hall–Kier alpha value is -3.25. The molecule has 4 aromatic rings. The first-order valence-electron chi connectivity index (χ1n) is 10.4. The first-order valence-corrected chi connectivity index (χ1v) is 11.2. The molecule has 158 valence electrons. The van der Waals surface area contributed by atoms with Gasteiger partial charge in [0.05, 0.1) is 17.8 Å². The Kier molecular flexibility index (Phi) is 6.00. The maximum Gasteiger partial charge on any atom is 0.263 e. The van der Waals surface area contributed by atoms with E-state index in [4.69, 9.17) is 0 Å². The van der Waals surface area contributed by atoms with Crippen LogP contribution in [-0.4, -0.2) is 15.5 Å². The second kappa shape index (κ2) is 8.86. The third-order valence-corrected chi connectivity index (χ3v) is 6.47. The molecule has 2 aromatic carbocycles. The molecule has 0 aliphatic heterocycles. The molecule has 1 N–H and O–H groups in total. The number of nitrogens with zero attached hydrogens (tertiary/aromatic N) is 2. The minimum atomic E-state index is -0.205. The van der Waals surface area contributed by atoms with Gasteiger partial charge in [-0.15, -0.1) is 11.3 Å². The number of carbonyl (C=O) groups is 1. The molecule has 2 aromatic heterocycles. The lowest BCUT2D eigenvalue weighted by Crippen LogP contribution is -2.34. The van der Waals surface area contributed by atoms with Gasteiger partial charge in [0.2, 0.25) is 5.91 Å². The summed E-state index contributed by atoms with van der Waals surface area (Å²) in [6, 6.07) is 17.9. The number of rotatable bonds is 6. The largest absolute Gasteiger partial charge is 0.348 e. The molecule has 6 heteroatoms. The lowest BCUT2D eigenvalue weighted by atomic mass is 10.0. The van der Waals surface area contributed by atoms with Crippen LogP contribution < -0.4 is 10.9 Å². The first-order chi connectivity index (χ1) is 15.0. The summed E-state index contributed by atoms with van der Waals surface area (Å²) >= 11 is 1.50. The van der Waals surface area contributed by atoms with Crippen LogP contribution in [0.5, 0.6) is 0 Å². The number of hydrogen-bond acceptors (Lipinski definition) is 4. The number of hydrogen-bond donors (Lipinski definition) is 1. The highest BCUT2D eigenvalue weighted by Gasteiger charge is 2.19. The Morgan fingerprint density at radius 2 is 1.81 bits per heavy atom. The van der Waals surface area contributed by atoms with E-state index in [1.165, 1.54) is 27.8 Å². The lowest BCUT2D eigenvalue weighted by molar-refractivity contribution is -0.122. The van der Waals surface area contributed by atoms with Crippen molar-refractivity contribution in [3.05, 3.63) is 87.3 Å². The zero-order valence-electron chi connectivity index (χ0n) is 17.9. The molecular formula is C25H25N3O2S. The zero-order chi connectivity index (χ0) is 22.0. The van der Waals surface area contributed by atoms with Crippen molar-refractivity contribution in [2.75, 3.05) is 0 Å². The first kappa shape index (κ1) is 21.0. The average Bonchev–Trinajstić information content (AvgIpc) is 3.12. The summed E-state index contributed by atoms with van der Waals surface area (Å²) in [5, 5.41) is 3.63. The highest BCUT2D eigenvalue weighted by Crippen LogP contribution is 2.35. The number of benzene rings is 2. The quantitative estimate of drug-likeness (QED) is 0.467. The number of aromatic nitrogens is 2. The highest BCUT2D eigenvalue weighted by atomic mass is 32.1. The second-order valence-electron chi connectivity index (χ2n) is 7.70. The minimum Gasteiger partial charge on any atom is -0.348 e. The topological polar surface area (TPSA) is 64.0 Å². The van der Waals surface area contributed by atoms with Crippen molar-refractivity contribution >= 4 is 27.5 Å². The molecule has 2 heterocycles. The van der Waals surface area contributed by atoms with Crippen LogP contribution in [0, 0.1) is 13.8 Å². The fourth-order valence-electron chi connectivity index (χ4n) is 3.82. The van der Waals surface area contributed by atoms with Gasteiger partial charge in [0.1, 0.15) is 11.4 Å². The van der Waals surface area contributed by atoms with Gasteiger partial charge in [-0.1, -0.05) is 67.1 Å². The van der Waals surface area contributed by atoms with E-state index >= 15 is 0 Å². The fraction of sp³-hybridized carbons (Fsp3) is 0.240. The Labute approximate surface area is 185 Å². The molecular weight excluding hydrogens is 406 g/mol. The monoisotopic (exact) mass is 431 g/mol. The molecule has 0 radical (unpaired) electrons. The van der Waals surface area contributed by atoms with Gasteiger partial charge in [-0.2, -0.15) is 0 Å². The summed E-state index contributed by atoms with van der Waals surface area (Å²) in [6.07, 6.45) is 2.24.